The second-order valence-electron chi connectivity index (χ2n) is 3.79. The van der Waals surface area contributed by atoms with Crippen LogP contribution in [0.3, 0.4) is 0 Å². The van der Waals surface area contributed by atoms with E-state index in [4.69, 9.17) is 0 Å². The van der Waals surface area contributed by atoms with Crippen molar-refractivity contribution in [2.24, 2.45) is 11.8 Å². The van der Waals surface area contributed by atoms with Crippen LogP contribution < -0.4 is 0 Å². The highest BCUT2D eigenvalue weighted by Gasteiger charge is 2.33. The number of hydrogen-bond donors (Lipinski definition) is 0. The molecule has 1 saturated heterocycles. The second kappa shape index (κ2) is 3.53. The van der Waals surface area contributed by atoms with Crippen LogP contribution in [0.2, 0.25) is 0 Å². The molecule has 0 aromatic carbocycles. The van der Waals surface area contributed by atoms with Crippen molar-refractivity contribution < 1.29 is 4.39 Å². The first kappa shape index (κ1) is 8.98. The van der Waals surface area contributed by atoms with E-state index >= 15 is 0 Å². The predicted molar refractivity (Wildman–Crippen MR) is 45.3 cm³/mol. The van der Waals surface area contributed by atoms with Crippen molar-refractivity contribution in [2.75, 3.05) is 20.1 Å². The van der Waals surface area contributed by atoms with Gasteiger partial charge in [-0.05, 0) is 13.0 Å². The molecule has 0 amide bonds. The van der Waals surface area contributed by atoms with Crippen molar-refractivity contribution in [1.29, 1.82) is 0 Å². The minimum absolute atomic E-state index is 0.282. The van der Waals surface area contributed by atoms with E-state index in [1.165, 1.54) is 0 Å². The zero-order valence-corrected chi connectivity index (χ0v) is 7.68. The van der Waals surface area contributed by atoms with E-state index in [0.717, 1.165) is 13.0 Å². The van der Waals surface area contributed by atoms with Gasteiger partial charge in [0.05, 0.1) is 0 Å². The van der Waals surface area contributed by atoms with Gasteiger partial charge < -0.3 is 4.90 Å². The van der Waals surface area contributed by atoms with Crippen LogP contribution in [-0.4, -0.2) is 31.2 Å². The molecule has 0 spiro atoms. The molecule has 2 heteroatoms. The molecule has 66 valence electrons. The molecule has 0 radical (unpaired) electrons. The average molecular weight is 159 g/mol. The van der Waals surface area contributed by atoms with Gasteiger partial charge in [-0.2, -0.15) is 0 Å². The third kappa shape index (κ3) is 1.92. The molecular formula is C9H18FN. The van der Waals surface area contributed by atoms with E-state index in [0.29, 0.717) is 12.5 Å². The van der Waals surface area contributed by atoms with Gasteiger partial charge in [0.1, 0.15) is 6.17 Å². The van der Waals surface area contributed by atoms with Gasteiger partial charge in [-0.3, -0.25) is 0 Å². The number of hydrogen-bond acceptors (Lipinski definition) is 1. The molecule has 1 aliphatic rings. The summed E-state index contributed by atoms with van der Waals surface area (Å²) in [6.07, 6.45) is 0.508. The lowest BCUT2D eigenvalue weighted by Crippen LogP contribution is -2.20. The molecule has 3 atom stereocenters. The Morgan fingerprint density at radius 3 is 2.55 bits per heavy atom. The van der Waals surface area contributed by atoms with Gasteiger partial charge in [0, 0.05) is 19.0 Å². The van der Waals surface area contributed by atoms with Gasteiger partial charge in [-0.25, -0.2) is 4.39 Å². The van der Waals surface area contributed by atoms with Crippen LogP contribution in [0.5, 0.6) is 0 Å². The number of alkyl halides is 1. The fourth-order valence-corrected chi connectivity index (χ4v) is 1.82. The van der Waals surface area contributed by atoms with E-state index in [9.17, 15) is 4.39 Å². The second-order valence-corrected chi connectivity index (χ2v) is 3.79. The van der Waals surface area contributed by atoms with Crippen molar-refractivity contribution >= 4 is 0 Å². The van der Waals surface area contributed by atoms with Gasteiger partial charge in [-0.1, -0.05) is 20.3 Å². The smallest absolute Gasteiger partial charge is 0.117 e. The maximum atomic E-state index is 13.2. The quantitative estimate of drug-likeness (QED) is 0.595. The highest BCUT2D eigenvalue weighted by Crippen LogP contribution is 2.27. The summed E-state index contributed by atoms with van der Waals surface area (Å²) in [5, 5.41) is 0. The van der Waals surface area contributed by atoms with E-state index in [-0.39, 0.29) is 5.92 Å². The molecule has 0 aliphatic carbocycles. The normalized spacial score (nSPS) is 36.0. The number of rotatable bonds is 2. The van der Waals surface area contributed by atoms with Crippen LogP contribution in [0.25, 0.3) is 0 Å². The molecule has 2 unspecified atom stereocenters. The molecule has 1 heterocycles. The third-order valence-corrected chi connectivity index (χ3v) is 2.85. The summed E-state index contributed by atoms with van der Waals surface area (Å²) in [5.41, 5.74) is 0. The summed E-state index contributed by atoms with van der Waals surface area (Å²) in [6.45, 7) is 5.86. The highest BCUT2D eigenvalue weighted by molar-refractivity contribution is 4.84. The first-order valence-electron chi connectivity index (χ1n) is 4.47. The minimum atomic E-state index is -0.588. The van der Waals surface area contributed by atoms with Gasteiger partial charge in [0.15, 0.2) is 0 Å². The number of nitrogens with zero attached hydrogens (tertiary/aromatic N) is 1. The van der Waals surface area contributed by atoms with Crippen molar-refractivity contribution in [3.63, 3.8) is 0 Å². The maximum absolute atomic E-state index is 13.2. The maximum Gasteiger partial charge on any atom is 0.117 e. The SMILES string of the molecule is CCC(C)C1CN(C)C[C@H]1F. The fraction of sp³-hybridized carbons (Fsp3) is 1.00. The molecule has 11 heavy (non-hydrogen) atoms. The summed E-state index contributed by atoms with van der Waals surface area (Å²) in [4.78, 5) is 2.08. The molecule has 1 nitrogen and oxygen atoms in total. The van der Waals surface area contributed by atoms with Crippen LogP contribution in [0.15, 0.2) is 0 Å². The summed E-state index contributed by atoms with van der Waals surface area (Å²) in [5.74, 6) is 0.819. The van der Waals surface area contributed by atoms with Crippen molar-refractivity contribution in [3.05, 3.63) is 0 Å². The summed E-state index contributed by atoms with van der Waals surface area (Å²) in [7, 11) is 2.00. The van der Waals surface area contributed by atoms with Gasteiger partial charge in [-0.15, -0.1) is 0 Å². The van der Waals surface area contributed by atoms with Gasteiger partial charge in [0.2, 0.25) is 0 Å². The molecule has 0 aromatic heterocycles. The van der Waals surface area contributed by atoms with Crippen molar-refractivity contribution in [1.82, 2.24) is 4.90 Å². The number of halogens is 1. The highest BCUT2D eigenvalue weighted by atomic mass is 19.1. The Balaban J connectivity index is 2.45. The topological polar surface area (TPSA) is 3.24 Å². The first-order chi connectivity index (χ1) is 5.15. The zero-order chi connectivity index (χ0) is 8.43. The van der Waals surface area contributed by atoms with E-state index in [1.54, 1.807) is 0 Å². The molecule has 0 aromatic rings. The molecule has 0 saturated carbocycles. The predicted octanol–water partition coefficient (Wildman–Crippen LogP) is 1.93. The monoisotopic (exact) mass is 159 g/mol. The van der Waals surface area contributed by atoms with Crippen LogP contribution >= 0.6 is 0 Å². The minimum Gasteiger partial charge on any atom is -0.303 e. The fourth-order valence-electron chi connectivity index (χ4n) is 1.82. The van der Waals surface area contributed by atoms with E-state index in [1.807, 2.05) is 7.05 Å². The first-order valence-corrected chi connectivity index (χ1v) is 4.47. The largest absolute Gasteiger partial charge is 0.303 e. The Labute approximate surface area is 68.6 Å². The zero-order valence-electron chi connectivity index (χ0n) is 7.68. The summed E-state index contributed by atoms with van der Waals surface area (Å²) in [6, 6.07) is 0. The molecule has 1 fully saturated rings. The molecule has 1 rings (SSSR count). The van der Waals surface area contributed by atoms with Gasteiger partial charge in [0.25, 0.3) is 0 Å². The van der Waals surface area contributed by atoms with Crippen molar-refractivity contribution in [3.8, 4) is 0 Å². The lowest BCUT2D eigenvalue weighted by Gasteiger charge is -2.18. The van der Waals surface area contributed by atoms with Crippen molar-refractivity contribution in [2.45, 2.75) is 26.4 Å². The Morgan fingerprint density at radius 2 is 2.18 bits per heavy atom. The standard InChI is InChI=1S/C9H18FN/c1-4-7(2)8-5-11(3)6-9(8)10/h7-9H,4-6H2,1-3H3/t7?,8?,9-/m1/s1. The summed E-state index contributed by atoms with van der Waals surface area (Å²) >= 11 is 0. The third-order valence-electron chi connectivity index (χ3n) is 2.85. The molecular weight excluding hydrogens is 141 g/mol. The van der Waals surface area contributed by atoms with Crippen LogP contribution in [0.1, 0.15) is 20.3 Å². The van der Waals surface area contributed by atoms with Crippen LogP contribution in [-0.2, 0) is 0 Å². The molecule has 0 bridgehead atoms. The number of likely N-dealkylation sites (tertiary alicyclic amines) is 1. The van der Waals surface area contributed by atoms with Gasteiger partial charge >= 0.3 is 0 Å². The lowest BCUT2D eigenvalue weighted by molar-refractivity contribution is 0.220. The van der Waals surface area contributed by atoms with Crippen LogP contribution in [0, 0.1) is 11.8 Å². The van der Waals surface area contributed by atoms with E-state index in [2.05, 4.69) is 18.7 Å². The Kier molecular flexibility index (Phi) is 2.88. The Hall–Kier alpha value is -0.110. The lowest BCUT2D eigenvalue weighted by atomic mass is 9.90. The molecule has 0 N–H and O–H groups in total. The Morgan fingerprint density at radius 1 is 1.55 bits per heavy atom. The summed E-state index contributed by atoms with van der Waals surface area (Å²) < 4.78 is 13.2. The van der Waals surface area contributed by atoms with Crippen LogP contribution in [0.4, 0.5) is 4.39 Å². The molecule has 1 aliphatic heterocycles. The average Bonchev–Trinajstić information content (AvgIpc) is 2.28. The van der Waals surface area contributed by atoms with E-state index < -0.39 is 6.17 Å². The Bertz CT molecular complexity index is 123.